The highest BCUT2D eigenvalue weighted by molar-refractivity contribution is 5.24. The van der Waals surface area contributed by atoms with E-state index >= 15 is 0 Å². The zero-order valence-corrected chi connectivity index (χ0v) is 11.3. The van der Waals surface area contributed by atoms with Crippen molar-refractivity contribution >= 4 is 0 Å². The lowest BCUT2D eigenvalue weighted by Crippen LogP contribution is -2.09. The molecule has 0 saturated carbocycles. The number of benzene rings is 1. The van der Waals surface area contributed by atoms with Crippen molar-refractivity contribution in [1.29, 1.82) is 0 Å². The van der Waals surface area contributed by atoms with E-state index in [4.69, 9.17) is 10.5 Å². The summed E-state index contributed by atoms with van der Waals surface area (Å²) in [4.78, 5) is 0. The minimum atomic E-state index is 0.350. The van der Waals surface area contributed by atoms with Gasteiger partial charge in [-0.1, -0.05) is 44.5 Å². The van der Waals surface area contributed by atoms with E-state index in [1.54, 1.807) is 0 Å². The SMILES string of the molecule is CCCC(C)OCc1ccc(C(C)CN)cc1. The number of ether oxygens (including phenoxy) is 1. The Bertz CT molecular complexity index is 307. The van der Waals surface area contributed by atoms with E-state index in [1.807, 2.05) is 0 Å². The molecule has 1 aromatic carbocycles. The summed E-state index contributed by atoms with van der Waals surface area (Å²) in [7, 11) is 0. The predicted molar refractivity (Wildman–Crippen MR) is 73.1 cm³/mol. The Kier molecular flexibility index (Phi) is 6.23. The molecule has 0 aliphatic carbocycles. The average Bonchev–Trinajstić information content (AvgIpc) is 2.36. The van der Waals surface area contributed by atoms with Crippen LogP contribution in [0.15, 0.2) is 24.3 Å². The van der Waals surface area contributed by atoms with Crippen LogP contribution in [0.2, 0.25) is 0 Å². The second kappa shape index (κ2) is 7.46. The van der Waals surface area contributed by atoms with Gasteiger partial charge in [0.2, 0.25) is 0 Å². The molecule has 2 N–H and O–H groups in total. The Labute approximate surface area is 105 Å². The van der Waals surface area contributed by atoms with Gasteiger partial charge in [-0.2, -0.15) is 0 Å². The molecule has 2 atom stereocenters. The van der Waals surface area contributed by atoms with Crippen molar-refractivity contribution in [2.24, 2.45) is 5.73 Å². The zero-order chi connectivity index (χ0) is 12.7. The summed E-state index contributed by atoms with van der Waals surface area (Å²) in [5.74, 6) is 0.434. The Balaban J connectivity index is 2.45. The molecule has 0 bridgehead atoms. The van der Waals surface area contributed by atoms with Crippen molar-refractivity contribution in [3.8, 4) is 0 Å². The lowest BCUT2D eigenvalue weighted by atomic mass is 10.0. The average molecular weight is 235 g/mol. The van der Waals surface area contributed by atoms with Gasteiger partial charge in [0.1, 0.15) is 0 Å². The molecule has 0 fully saturated rings. The van der Waals surface area contributed by atoms with E-state index in [1.165, 1.54) is 17.5 Å². The monoisotopic (exact) mass is 235 g/mol. The fourth-order valence-corrected chi connectivity index (χ4v) is 1.81. The molecule has 0 aliphatic rings. The van der Waals surface area contributed by atoms with Crippen molar-refractivity contribution in [1.82, 2.24) is 0 Å². The minimum Gasteiger partial charge on any atom is -0.374 e. The first kappa shape index (κ1) is 14.2. The molecule has 1 aromatic rings. The standard InChI is InChI=1S/C15H25NO/c1-4-5-13(3)17-11-14-6-8-15(9-7-14)12(2)10-16/h6-9,12-13H,4-5,10-11,16H2,1-3H3. The molecule has 2 nitrogen and oxygen atoms in total. The molecule has 0 aliphatic heterocycles. The highest BCUT2D eigenvalue weighted by Crippen LogP contribution is 2.15. The zero-order valence-electron chi connectivity index (χ0n) is 11.3. The highest BCUT2D eigenvalue weighted by atomic mass is 16.5. The fourth-order valence-electron chi connectivity index (χ4n) is 1.81. The van der Waals surface area contributed by atoms with Crippen molar-refractivity contribution in [3.63, 3.8) is 0 Å². The Morgan fingerprint density at radius 3 is 2.35 bits per heavy atom. The van der Waals surface area contributed by atoms with E-state index in [9.17, 15) is 0 Å². The van der Waals surface area contributed by atoms with Gasteiger partial charge in [0, 0.05) is 0 Å². The summed E-state index contributed by atoms with van der Waals surface area (Å²) in [6.07, 6.45) is 2.65. The molecule has 0 spiro atoms. The van der Waals surface area contributed by atoms with Gasteiger partial charge in [0.15, 0.2) is 0 Å². The maximum atomic E-state index is 5.77. The van der Waals surface area contributed by atoms with E-state index in [-0.39, 0.29) is 0 Å². The van der Waals surface area contributed by atoms with Crippen LogP contribution in [0, 0.1) is 0 Å². The van der Waals surface area contributed by atoms with Crippen molar-refractivity contribution in [3.05, 3.63) is 35.4 Å². The van der Waals surface area contributed by atoms with Crippen LogP contribution in [0.5, 0.6) is 0 Å². The van der Waals surface area contributed by atoms with Gasteiger partial charge in [-0.15, -0.1) is 0 Å². The van der Waals surface area contributed by atoms with Crippen LogP contribution in [0.3, 0.4) is 0 Å². The second-order valence-electron chi connectivity index (χ2n) is 4.79. The third-order valence-corrected chi connectivity index (χ3v) is 3.13. The summed E-state index contributed by atoms with van der Waals surface area (Å²) in [5.41, 5.74) is 8.19. The molecule has 2 unspecified atom stereocenters. The van der Waals surface area contributed by atoms with Crippen LogP contribution in [-0.4, -0.2) is 12.6 Å². The summed E-state index contributed by atoms with van der Waals surface area (Å²) < 4.78 is 5.77. The lowest BCUT2D eigenvalue weighted by Gasteiger charge is -2.13. The second-order valence-corrected chi connectivity index (χ2v) is 4.79. The first-order valence-corrected chi connectivity index (χ1v) is 6.57. The van der Waals surface area contributed by atoms with Gasteiger partial charge in [0.05, 0.1) is 12.7 Å². The number of hydrogen-bond donors (Lipinski definition) is 1. The Hall–Kier alpha value is -0.860. The van der Waals surface area contributed by atoms with Crippen LogP contribution >= 0.6 is 0 Å². The van der Waals surface area contributed by atoms with E-state index in [0.717, 1.165) is 6.42 Å². The quantitative estimate of drug-likeness (QED) is 0.785. The lowest BCUT2D eigenvalue weighted by molar-refractivity contribution is 0.0472. The minimum absolute atomic E-state index is 0.350. The molecular weight excluding hydrogens is 210 g/mol. The molecule has 0 radical (unpaired) electrons. The molecular formula is C15H25NO. The number of rotatable bonds is 7. The smallest absolute Gasteiger partial charge is 0.0720 e. The first-order valence-electron chi connectivity index (χ1n) is 6.57. The molecule has 0 aromatic heterocycles. The van der Waals surface area contributed by atoms with Crippen molar-refractivity contribution in [2.45, 2.75) is 52.2 Å². The van der Waals surface area contributed by atoms with Crippen LogP contribution in [0.4, 0.5) is 0 Å². The van der Waals surface area contributed by atoms with Crippen LogP contribution < -0.4 is 5.73 Å². The van der Waals surface area contributed by atoms with Crippen LogP contribution in [0.25, 0.3) is 0 Å². The third-order valence-electron chi connectivity index (χ3n) is 3.13. The highest BCUT2D eigenvalue weighted by Gasteiger charge is 2.04. The molecule has 96 valence electrons. The van der Waals surface area contributed by atoms with E-state index < -0.39 is 0 Å². The van der Waals surface area contributed by atoms with Gasteiger partial charge >= 0.3 is 0 Å². The third kappa shape index (κ3) is 4.88. The van der Waals surface area contributed by atoms with Gasteiger partial charge in [-0.25, -0.2) is 0 Å². The Morgan fingerprint density at radius 1 is 1.18 bits per heavy atom. The summed E-state index contributed by atoms with van der Waals surface area (Å²) in [6, 6.07) is 8.59. The van der Waals surface area contributed by atoms with Crippen molar-refractivity contribution in [2.75, 3.05) is 6.54 Å². The van der Waals surface area contributed by atoms with Crippen LogP contribution in [-0.2, 0) is 11.3 Å². The molecule has 2 heteroatoms. The van der Waals surface area contributed by atoms with Crippen LogP contribution in [0.1, 0.15) is 50.7 Å². The topological polar surface area (TPSA) is 35.2 Å². The van der Waals surface area contributed by atoms with Gasteiger partial charge < -0.3 is 10.5 Å². The molecule has 0 saturated heterocycles. The first-order chi connectivity index (χ1) is 8.17. The van der Waals surface area contributed by atoms with Gasteiger partial charge in [-0.05, 0) is 36.9 Å². The maximum absolute atomic E-state index is 5.77. The van der Waals surface area contributed by atoms with E-state index in [2.05, 4.69) is 45.0 Å². The molecule has 17 heavy (non-hydrogen) atoms. The van der Waals surface area contributed by atoms with Gasteiger partial charge in [-0.3, -0.25) is 0 Å². The normalized spacial score (nSPS) is 14.6. The summed E-state index contributed by atoms with van der Waals surface area (Å²) in [5, 5.41) is 0. The number of hydrogen-bond acceptors (Lipinski definition) is 2. The summed E-state index contributed by atoms with van der Waals surface area (Å²) in [6.45, 7) is 7.87. The van der Waals surface area contributed by atoms with E-state index in [0.29, 0.717) is 25.2 Å². The fraction of sp³-hybridized carbons (Fsp3) is 0.600. The molecule has 0 heterocycles. The van der Waals surface area contributed by atoms with Gasteiger partial charge in [0.25, 0.3) is 0 Å². The van der Waals surface area contributed by atoms with Crippen molar-refractivity contribution < 1.29 is 4.74 Å². The summed E-state index contributed by atoms with van der Waals surface area (Å²) >= 11 is 0. The number of nitrogens with two attached hydrogens (primary N) is 1. The Morgan fingerprint density at radius 2 is 1.82 bits per heavy atom. The molecule has 0 amide bonds. The maximum Gasteiger partial charge on any atom is 0.0720 e. The molecule has 1 rings (SSSR count). The largest absolute Gasteiger partial charge is 0.374 e. The predicted octanol–water partition coefficient (Wildman–Crippen LogP) is 3.45.